The van der Waals surface area contributed by atoms with E-state index >= 15 is 0 Å². The van der Waals surface area contributed by atoms with Crippen LogP contribution in [0.5, 0.6) is 0 Å². The molecule has 0 saturated carbocycles. The highest BCUT2D eigenvalue weighted by Gasteiger charge is 2.13. The van der Waals surface area contributed by atoms with Crippen molar-refractivity contribution in [2.75, 3.05) is 0 Å². The second kappa shape index (κ2) is 2.14. The summed E-state index contributed by atoms with van der Waals surface area (Å²) in [6.45, 7) is 0. The highest BCUT2D eigenvalue weighted by molar-refractivity contribution is 7.85. The molecular formula is C5H8S2. The summed E-state index contributed by atoms with van der Waals surface area (Å²) in [6.07, 6.45) is 5.29. The predicted octanol–water partition coefficient (Wildman–Crippen LogP) is 1.54. The Morgan fingerprint density at radius 1 is 1.43 bits per heavy atom. The van der Waals surface area contributed by atoms with Crippen LogP contribution >= 0.6 is 25.3 Å². The van der Waals surface area contributed by atoms with Gasteiger partial charge in [-0.1, -0.05) is 12.2 Å². The van der Waals surface area contributed by atoms with Crippen molar-refractivity contribution in [3.05, 3.63) is 12.2 Å². The molecule has 0 aromatic carbocycles. The molecule has 0 amide bonds. The Morgan fingerprint density at radius 3 is 2.29 bits per heavy atom. The average molecular weight is 132 g/mol. The molecule has 1 rings (SSSR count). The second-order valence-electron chi connectivity index (χ2n) is 1.72. The van der Waals surface area contributed by atoms with Crippen LogP contribution in [-0.4, -0.2) is 10.5 Å². The number of hydrogen-bond donors (Lipinski definition) is 2. The van der Waals surface area contributed by atoms with Crippen molar-refractivity contribution >= 4 is 25.3 Å². The zero-order chi connectivity index (χ0) is 5.28. The van der Waals surface area contributed by atoms with Crippen LogP contribution in [-0.2, 0) is 0 Å². The number of hydrogen-bond acceptors (Lipinski definition) is 2. The van der Waals surface area contributed by atoms with Crippen LogP contribution in [0.25, 0.3) is 0 Å². The summed E-state index contributed by atoms with van der Waals surface area (Å²) < 4.78 is 0. The van der Waals surface area contributed by atoms with Gasteiger partial charge in [0.1, 0.15) is 0 Å². The molecule has 0 saturated heterocycles. The maximum absolute atomic E-state index is 4.25. The molecule has 0 radical (unpaired) electrons. The lowest BCUT2D eigenvalue weighted by Gasteiger charge is -2.03. The van der Waals surface area contributed by atoms with E-state index in [0.29, 0.717) is 10.5 Å². The van der Waals surface area contributed by atoms with Gasteiger partial charge in [-0.3, -0.25) is 0 Å². The quantitative estimate of drug-likeness (QED) is 0.362. The first kappa shape index (κ1) is 5.57. The normalized spacial score (nSPS) is 39.7. The first-order valence-corrected chi connectivity index (χ1v) is 3.37. The van der Waals surface area contributed by atoms with E-state index in [4.69, 9.17) is 0 Å². The van der Waals surface area contributed by atoms with Gasteiger partial charge in [0.05, 0.1) is 0 Å². The zero-order valence-electron chi connectivity index (χ0n) is 3.91. The maximum Gasteiger partial charge on any atom is 0.0316 e. The minimum Gasteiger partial charge on any atom is -0.174 e. The van der Waals surface area contributed by atoms with Crippen LogP contribution in [0.4, 0.5) is 0 Å². The molecule has 2 heteroatoms. The summed E-state index contributed by atoms with van der Waals surface area (Å²) in [7, 11) is 0. The average Bonchev–Trinajstić information content (AvgIpc) is 1.91. The monoisotopic (exact) mass is 132 g/mol. The third kappa shape index (κ3) is 1.16. The van der Waals surface area contributed by atoms with Crippen molar-refractivity contribution in [3.63, 3.8) is 0 Å². The fraction of sp³-hybridized carbons (Fsp3) is 0.600. The van der Waals surface area contributed by atoms with Crippen molar-refractivity contribution in [3.8, 4) is 0 Å². The minimum atomic E-state index is 0.392. The lowest BCUT2D eigenvalue weighted by Crippen LogP contribution is -2.04. The molecule has 1 aliphatic rings. The molecule has 2 atom stereocenters. The minimum absolute atomic E-state index is 0.392. The smallest absolute Gasteiger partial charge is 0.0316 e. The third-order valence-electron chi connectivity index (χ3n) is 1.11. The molecule has 0 bridgehead atoms. The van der Waals surface area contributed by atoms with Crippen LogP contribution in [0.1, 0.15) is 6.42 Å². The molecule has 0 spiro atoms. The molecule has 2 unspecified atom stereocenters. The van der Waals surface area contributed by atoms with Crippen molar-refractivity contribution in [2.45, 2.75) is 16.9 Å². The highest BCUT2D eigenvalue weighted by atomic mass is 32.1. The van der Waals surface area contributed by atoms with Gasteiger partial charge in [-0.25, -0.2) is 0 Å². The Morgan fingerprint density at radius 2 is 2.14 bits per heavy atom. The molecule has 0 aromatic rings. The van der Waals surface area contributed by atoms with E-state index in [1.807, 2.05) is 0 Å². The molecular weight excluding hydrogens is 124 g/mol. The molecule has 40 valence electrons. The summed E-state index contributed by atoms with van der Waals surface area (Å²) in [5, 5.41) is 0.853. The first-order valence-electron chi connectivity index (χ1n) is 2.33. The van der Waals surface area contributed by atoms with Crippen LogP contribution in [0.3, 0.4) is 0 Å². The molecule has 0 aromatic heterocycles. The Bertz CT molecular complexity index is 88.1. The fourth-order valence-electron chi connectivity index (χ4n) is 0.625. The lowest BCUT2D eigenvalue weighted by molar-refractivity contribution is 0.981. The van der Waals surface area contributed by atoms with Gasteiger partial charge in [0.2, 0.25) is 0 Å². The molecule has 0 nitrogen and oxygen atoms in total. The molecule has 0 fully saturated rings. The molecule has 0 aliphatic heterocycles. The predicted molar refractivity (Wildman–Crippen MR) is 39.3 cm³/mol. The van der Waals surface area contributed by atoms with Crippen molar-refractivity contribution in [1.29, 1.82) is 0 Å². The zero-order valence-corrected chi connectivity index (χ0v) is 5.70. The van der Waals surface area contributed by atoms with E-state index < -0.39 is 0 Å². The SMILES string of the molecule is SC1C=CCC1S. The van der Waals surface area contributed by atoms with Gasteiger partial charge in [-0.15, -0.1) is 0 Å². The van der Waals surface area contributed by atoms with E-state index in [2.05, 4.69) is 37.4 Å². The maximum atomic E-state index is 4.25. The van der Waals surface area contributed by atoms with Crippen LogP contribution in [0.15, 0.2) is 12.2 Å². The Kier molecular flexibility index (Phi) is 1.70. The third-order valence-corrected chi connectivity index (χ3v) is 2.40. The van der Waals surface area contributed by atoms with Gasteiger partial charge in [0, 0.05) is 10.5 Å². The number of rotatable bonds is 0. The van der Waals surface area contributed by atoms with E-state index in [0.717, 1.165) is 6.42 Å². The Balaban J connectivity index is 2.45. The molecule has 0 N–H and O–H groups in total. The summed E-state index contributed by atoms with van der Waals surface area (Å²) in [5.74, 6) is 0. The summed E-state index contributed by atoms with van der Waals surface area (Å²) in [6, 6.07) is 0. The van der Waals surface area contributed by atoms with Gasteiger partial charge in [0.15, 0.2) is 0 Å². The molecule has 0 heterocycles. The Labute approximate surface area is 54.8 Å². The lowest BCUT2D eigenvalue weighted by atomic mass is 10.3. The summed E-state index contributed by atoms with van der Waals surface area (Å²) in [5.41, 5.74) is 0. The van der Waals surface area contributed by atoms with E-state index in [9.17, 15) is 0 Å². The van der Waals surface area contributed by atoms with Crippen molar-refractivity contribution in [2.24, 2.45) is 0 Å². The van der Waals surface area contributed by atoms with E-state index in [1.165, 1.54) is 0 Å². The van der Waals surface area contributed by atoms with Gasteiger partial charge in [0.25, 0.3) is 0 Å². The largest absolute Gasteiger partial charge is 0.174 e. The van der Waals surface area contributed by atoms with E-state index in [-0.39, 0.29) is 0 Å². The number of thiol groups is 2. The topological polar surface area (TPSA) is 0 Å². The summed E-state index contributed by atoms with van der Waals surface area (Å²) >= 11 is 8.47. The Hall–Kier alpha value is 0.440. The van der Waals surface area contributed by atoms with E-state index in [1.54, 1.807) is 0 Å². The standard InChI is InChI=1S/C5H8S2/c6-4-2-1-3-5(4)7/h1-2,4-7H,3H2. The molecule has 1 aliphatic carbocycles. The van der Waals surface area contributed by atoms with Gasteiger partial charge < -0.3 is 0 Å². The molecule has 7 heavy (non-hydrogen) atoms. The van der Waals surface area contributed by atoms with Crippen LogP contribution in [0.2, 0.25) is 0 Å². The van der Waals surface area contributed by atoms with Crippen LogP contribution in [0, 0.1) is 0 Å². The van der Waals surface area contributed by atoms with Crippen LogP contribution < -0.4 is 0 Å². The van der Waals surface area contributed by atoms with Gasteiger partial charge in [-0.05, 0) is 6.42 Å². The van der Waals surface area contributed by atoms with Crippen molar-refractivity contribution in [1.82, 2.24) is 0 Å². The van der Waals surface area contributed by atoms with Crippen molar-refractivity contribution < 1.29 is 0 Å². The van der Waals surface area contributed by atoms with Gasteiger partial charge in [-0.2, -0.15) is 25.3 Å². The first-order chi connectivity index (χ1) is 3.30. The second-order valence-corrected chi connectivity index (χ2v) is 2.98. The highest BCUT2D eigenvalue weighted by Crippen LogP contribution is 2.20. The van der Waals surface area contributed by atoms with Gasteiger partial charge >= 0.3 is 0 Å². The number of allylic oxidation sites excluding steroid dienone is 1. The fourth-order valence-corrected chi connectivity index (χ4v) is 1.09. The summed E-state index contributed by atoms with van der Waals surface area (Å²) in [4.78, 5) is 0.